The summed E-state index contributed by atoms with van der Waals surface area (Å²) in [5.74, 6) is 0. The number of amides is 2. The van der Waals surface area contributed by atoms with Crippen LogP contribution in [-0.4, -0.2) is 36.6 Å². The van der Waals surface area contributed by atoms with E-state index in [1.807, 2.05) is 30.3 Å². The number of hydrogen-bond donors (Lipinski definition) is 2. The number of hydrogen-bond acceptors (Lipinski definition) is 2. The summed E-state index contributed by atoms with van der Waals surface area (Å²) in [6.45, 7) is 3.26. The van der Waals surface area contributed by atoms with Crippen LogP contribution in [0, 0.1) is 0 Å². The van der Waals surface area contributed by atoms with E-state index < -0.39 is 0 Å². The number of nitrogens with one attached hydrogen (secondary N) is 2. The zero-order valence-corrected chi connectivity index (χ0v) is 16.6. The number of anilines is 1. The largest absolute Gasteiger partial charge is 0.335 e. The normalized spacial score (nSPS) is 19.1. The first kappa shape index (κ1) is 19.0. The highest BCUT2D eigenvalue weighted by Crippen LogP contribution is 2.21. The van der Waals surface area contributed by atoms with Gasteiger partial charge in [0.15, 0.2) is 0 Å². The van der Waals surface area contributed by atoms with Gasteiger partial charge in [-0.1, -0.05) is 48.4 Å². The maximum Gasteiger partial charge on any atom is 0.319 e. The summed E-state index contributed by atoms with van der Waals surface area (Å²) in [7, 11) is 0. The van der Waals surface area contributed by atoms with Gasteiger partial charge in [0.25, 0.3) is 0 Å². The average molecular weight is 378 g/mol. The third-order valence-corrected chi connectivity index (χ3v) is 5.99. The van der Waals surface area contributed by atoms with E-state index >= 15 is 0 Å². The molecule has 4 heteroatoms. The lowest BCUT2D eigenvalue weighted by Crippen LogP contribution is -2.46. The molecule has 0 saturated carbocycles. The number of carbonyl (C=O) groups excluding carboxylic acids is 1. The molecule has 1 aliphatic carbocycles. The first-order chi connectivity index (χ1) is 13.8. The van der Waals surface area contributed by atoms with Gasteiger partial charge >= 0.3 is 6.03 Å². The molecule has 28 heavy (non-hydrogen) atoms. The second-order valence-corrected chi connectivity index (χ2v) is 8.17. The van der Waals surface area contributed by atoms with Gasteiger partial charge in [0.2, 0.25) is 0 Å². The van der Waals surface area contributed by atoms with Gasteiger partial charge in [0, 0.05) is 31.4 Å². The summed E-state index contributed by atoms with van der Waals surface area (Å²) < 4.78 is 0. The number of nitrogens with zero attached hydrogens (tertiary/aromatic N) is 1. The smallest absolute Gasteiger partial charge is 0.319 e. The molecule has 0 radical (unpaired) electrons. The van der Waals surface area contributed by atoms with Crippen LogP contribution in [0.3, 0.4) is 0 Å². The molecule has 2 amide bonds. The Hall–Kier alpha value is -2.33. The third kappa shape index (κ3) is 5.14. The van der Waals surface area contributed by atoms with Crippen molar-refractivity contribution in [3.8, 4) is 0 Å². The predicted molar refractivity (Wildman–Crippen MR) is 117 cm³/mol. The highest BCUT2D eigenvalue weighted by Gasteiger charge is 2.21. The van der Waals surface area contributed by atoms with Gasteiger partial charge in [0.1, 0.15) is 0 Å². The molecule has 0 unspecified atom stereocenters. The highest BCUT2D eigenvalue weighted by molar-refractivity contribution is 5.93. The predicted octanol–water partition coefficient (Wildman–Crippen LogP) is 5.32. The molecule has 2 N–H and O–H groups in total. The molecule has 4 nitrogen and oxygen atoms in total. The Balaban J connectivity index is 1.23. The Kier molecular flexibility index (Phi) is 6.27. The van der Waals surface area contributed by atoms with Crippen molar-refractivity contribution < 1.29 is 4.79 Å². The van der Waals surface area contributed by atoms with Gasteiger partial charge in [-0.3, -0.25) is 4.90 Å². The van der Waals surface area contributed by atoms with Crippen molar-refractivity contribution >= 4 is 22.5 Å². The number of urea groups is 1. The van der Waals surface area contributed by atoms with Crippen LogP contribution in [0.15, 0.2) is 54.1 Å². The number of likely N-dealkylation sites (tertiary alicyclic amines) is 1. The molecule has 1 fully saturated rings. The number of fused-ring (bicyclic) bond motifs is 1. The molecule has 0 atom stereocenters. The van der Waals surface area contributed by atoms with Crippen molar-refractivity contribution in [3.05, 3.63) is 54.1 Å². The Bertz CT molecular complexity index is 837. The van der Waals surface area contributed by atoms with Crippen molar-refractivity contribution in [2.24, 2.45) is 0 Å². The summed E-state index contributed by atoms with van der Waals surface area (Å²) in [5.41, 5.74) is 2.46. The summed E-state index contributed by atoms with van der Waals surface area (Å²) in [5, 5.41) is 8.48. The molecule has 1 aliphatic heterocycles. The zero-order valence-electron chi connectivity index (χ0n) is 16.6. The Morgan fingerprint density at radius 2 is 1.82 bits per heavy atom. The second-order valence-electron chi connectivity index (χ2n) is 8.17. The summed E-state index contributed by atoms with van der Waals surface area (Å²) >= 11 is 0. The topological polar surface area (TPSA) is 44.4 Å². The molecule has 2 aliphatic rings. The summed E-state index contributed by atoms with van der Waals surface area (Å²) in [6, 6.07) is 14.4. The number of carbonyl (C=O) groups is 1. The van der Waals surface area contributed by atoms with E-state index in [2.05, 4.69) is 33.7 Å². The van der Waals surface area contributed by atoms with E-state index in [0.29, 0.717) is 0 Å². The summed E-state index contributed by atoms with van der Waals surface area (Å²) in [6.07, 6.45) is 11.1. The van der Waals surface area contributed by atoms with Gasteiger partial charge in [-0.25, -0.2) is 4.79 Å². The average Bonchev–Trinajstić information content (AvgIpc) is 2.98. The molecule has 2 aromatic carbocycles. The van der Waals surface area contributed by atoms with Crippen LogP contribution < -0.4 is 10.6 Å². The molecule has 0 aromatic heterocycles. The molecular weight excluding hydrogens is 346 g/mol. The lowest BCUT2D eigenvalue weighted by atomic mass is 10.0. The van der Waals surface area contributed by atoms with E-state index in [0.717, 1.165) is 43.5 Å². The van der Waals surface area contributed by atoms with Crippen LogP contribution in [-0.2, 0) is 0 Å². The van der Waals surface area contributed by atoms with Crippen LogP contribution in [0.4, 0.5) is 10.5 Å². The highest BCUT2D eigenvalue weighted by atomic mass is 16.2. The van der Waals surface area contributed by atoms with E-state index in [1.54, 1.807) is 5.57 Å². The van der Waals surface area contributed by atoms with E-state index in [4.69, 9.17) is 0 Å². The Labute approximate surface area is 168 Å². The molecule has 148 valence electrons. The maximum absolute atomic E-state index is 12.4. The van der Waals surface area contributed by atoms with Crippen LogP contribution >= 0.6 is 0 Å². The van der Waals surface area contributed by atoms with Gasteiger partial charge in [-0.05, 0) is 61.4 Å². The van der Waals surface area contributed by atoms with Gasteiger partial charge in [0.05, 0.1) is 0 Å². The van der Waals surface area contributed by atoms with Gasteiger partial charge in [-0.2, -0.15) is 0 Å². The van der Waals surface area contributed by atoms with E-state index in [1.165, 1.54) is 37.5 Å². The van der Waals surface area contributed by atoms with Crippen molar-refractivity contribution in [2.75, 3.05) is 25.0 Å². The molecule has 2 aromatic rings. The van der Waals surface area contributed by atoms with Crippen LogP contribution in [0.5, 0.6) is 0 Å². The van der Waals surface area contributed by atoms with Crippen molar-refractivity contribution in [1.82, 2.24) is 10.2 Å². The van der Waals surface area contributed by atoms with Crippen molar-refractivity contribution in [1.29, 1.82) is 0 Å². The van der Waals surface area contributed by atoms with Crippen LogP contribution in [0.1, 0.15) is 44.9 Å². The molecule has 0 spiro atoms. The maximum atomic E-state index is 12.4. The molecule has 1 heterocycles. The molecule has 1 saturated heterocycles. The number of benzene rings is 2. The number of piperidine rings is 1. The standard InChI is InChI=1S/C24H31N3O/c28-24(26-23-12-11-20-9-5-6-10-21(20)17-23)25-22-13-15-27(16-14-22)18-19-7-3-1-2-4-8-19/h5-7,9-12,17,22H,1-4,8,13-16,18H2,(H2,25,26,28). The first-order valence-electron chi connectivity index (χ1n) is 10.7. The minimum absolute atomic E-state index is 0.0970. The zero-order chi connectivity index (χ0) is 19.2. The lowest BCUT2D eigenvalue weighted by Gasteiger charge is -2.33. The van der Waals surface area contributed by atoms with Gasteiger partial charge in [-0.15, -0.1) is 0 Å². The Morgan fingerprint density at radius 3 is 2.68 bits per heavy atom. The molecular formula is C24H31N3O. The fraction of sp³-hybridized carbons (Fsp3) is 0.458. The SMILES string of the molecule is O=C(Nc1ccc2ccccc2c1)NC1CCN(CC2=CCCCCC2)CC1. The quantitative estimate of drug-likeness (QED) is 0.709. The molecule has 0 bridgehead atoms. The van der Waals surface area contributed by atoms with Crippen molar-refractivity contribution in [2.45, 2.75) is 51.0 Å². The van der Waals surface area contributed by atoms with Gasteiger partial charge < -0.3 is 10.6 Å². The summed E-state index contributed by atoms with van der Waals surface area (Å²) in [4.78, 5) is 15.0. The third-order valence-electron chi connectivity index (χ3n) is 5.99. The number of allylic oxidation sites excluding steroid dienone is 1. The second kappa shape index (κ2) is 9.24. The number of rotatable bonds is 4. The van der Waals surface area contributed by atoms with Crippen LogP contribution in [0.25, 0.3) is 10.8 Å². The fourth-order valence-electron chi connectivity index (χ4n) is 4.37. The minimum Gasteiger partial charge on any atom is -0.335 e. The Morgan fingerprint density at radius 1 is 1.00 bits per heavy atom. The lowest BCUT2D eigenvalue weighted by molar-refractivity contribution is 0.205. The first-order valence-corrected chi connectivity index (χ1v) is 10.7. The minimum atomic E-state index is -0.0970. The van der Waals surface area contributed by atoms with Crippen LogP contribution in [0.2, 0.25) is 0 Å². The molecule has 4 rings (SSSR count). The van der Waals surface area contributed by atoms with E-state index in [-0.39, 0.29) is 12.1 Å². The van der Waals surface area contributed by atoms with E-state index in [9.17, 15) is 4.79 Å². The van der Waals surface area contributed by atoms with Crippen molar-refractivity contribution in [3.63, 3.8) is 0 Å². The monoisotopic (exact) mass is 377 g/mol. The fourth-order valence-corrected chi connectivity index (χ4v) is 4.37.